The van der Waals surface area contributed by atoms with E-state index < -0.39 is 10.1 Å². The minimum Gasteiger partial charge on any atom is -0.380 e. The summed E-state index contributed by atoms with van der Waals surface area (Å²) in [5.74, 6) is -0.123. The van der Waals surface area contributed by atoms with Gasteiger partial charge in [0.1, 0.15) is 5.52 Å². The van der Waals surface area contributed by atoms with E-state index in [4.69, 9.17) is 8.92 Å². The fraction of sp³-hybridized carbons (Fsp3) is 0.412. The van der Waals surface area contributed by atoms with Gasteiger partial charge in [0, 0.05) is 41.2 Å². The maximum Gasteiger partial charge on any atom is 0.306 e. The van der Waals surface area contributed by atoms with Crippen LogP contribution in [0.15, 0.2) is 24.4 Å². The van der Waals surface area contributed by atoms with Crippen LogP contribution in [-0.4, -0.2) is 44.8 Å². The lowest BCUT2D eigenvalue weighted by Gasteiger charge is -2.15. The van der Waals surface area contributed by atoms with Crippen molar-refractivity contribution in [3.63, 3.8) is 0 Å². The second kappa shape index (κ2) is 7.89. The lowest BCUT2D eigenvalue weighted by molar-refractivity contribution is 0.0859. The van der Waals surface area contributed by atoms with E-state index in [1.165, 1.54) is 6.20 Å². The van der Waals surface area contributed by atoms with E-state index in [0.717, 1.165) is 25.7 Å². The van der Waals surface area contributed by atoms with Gasteiger partial charge < -0.3 is 14.2 Å². The van der Waals surface area contributed by atoms with E-state index in [2.05, 4.69) is 26.2 Å². The third kappa shape index (κ3) is 4.33. The van der Waals surface area contributed by atoms with Crippen molar-refractivity contribution in [2.75, 3.05) is 19.4 Å². The topological polar surface area (TPSA) is 94.6 Å². The SMILES string of the molecule is CS(=O)(=O)Oc1c(CBr)cc(C(=O)NCC2CCCO2)c2cccnc12. The number of benzene rings is 1. The molecular weight excluding hydrogens is 424 g/mol. The number of alkyl halides is 1. The summed E-state index contributed by atoms with van der Waals surface area (Å²) in [7, 11) is -3.73. The number of hydrogen-bond donors (Lipinski definition) is 1. The van der Waals surface area contributed by atoms with Crippen molar-refractivity contribution in [3.05, 3.63) is 35.5 Å². The molecule has 1 atom stereocenters. The zero-order valence-electron chi connectivity index (χ0n) is 14.2. The van der Waals surface area contributed by atoms with E-state index in [0.29, 0.717) is 33.9 Å². The Labute approximate surface area is 160 Å². The summed E-state index contributed by atoms with van der Waals surface area (Å²) < 4.78 is 33.9. The molecule has 2 aromatic rings. The Kier molecular flexibility index (Phi) is 5.79. The number of amides is 1. The van der Waals surface area contributed by atoms with E-state index in [1.54, 1.807) is 18.2 Å². The Morgan fingerprint density at radius 1 is 1.50 bits per heavy atom. The first kappa shape index (κ1) is 19.1. The maximum absolute atomic E-state index is 12.7. The summed E-state index contributed by atoms with van der Waals surface area (Å²) in [4.78, 5) is 17.0. The van der Waals surface area contributed by atoms with Crippen LogP contribution in [0, 0.1) is 0 Å². The number of carbonyl (C=O) groups excluding carboxylic acids is 1. The molecule has 1 aliphatic rings. The van der Waals surface area contributed by atoms with Gasteiger partial charge in [-0.1, -0.05) is 22.0 Å². The van der Waals surface area contributed by atoms with Crippen molar-refractivity contribution in [2.24, 2.45) is 0 Å². The molecule has 1 N–H and O–H groups in total. The molecule has 1 aromatic heterocycles. The molecule has 3 rings (SSSR count). The van der Waals surface area contributed by atoms with Crippen LogP contribution in [-0.2, 0) is 20.2 Å². The first-order valence-corrected chi connectivity index (χ1v) is 11.1. The molecule has 1 aliphatic heterocycles. The third-order valence-corrected chi connectivity index (χ3v) is 5.13. The second-order valence-electron chi connectivity index (χ2n) is 6.08. The summed E-state index contributed by atoms with van der Waals surface area (Å²) in [6.45, 7) is 1.16. The monoisotopic (exact) mass is 442 g/mol. The van der Waals surface area contributed by atoms with Crippen LogP contribution < -0.4 is 9.50 Å². The van der Waals surface area contributed by atoms with Crippen LogP contribution in [0.4, 0.5) is 0 Å². The quantitative estimate of drug-likeness (QED) is 0.544. The van der Waals surface area contributed by atoms with Gasteiger partial charge in [-0.15, -0.1) is 0 Å². The molecular formula is C17H19BrN2O5S. The number of carbonyl (C=O) groups is 1. The number of halogens is 1. The molecule has 0 bridgehead atoms. The summed E-state index contributed by atoms with van der Waals surface area (Å²) in [6.07, 6.45) is 4.47. The maximum atomic E-state index is 12.7. The zero-order chi connectivity index (χ0) is 18.7. The number of nitrogens with one attached hydrogen (secondary N) is 1. The Balaban J connectivity index is 2.00. The molecule has 1 aromatic carbocycles. The van der Waals surface area contributed by atoms with Crippen molar-refractivity contribution in [2.45, 2.75) is 24.3 Å². The standard InChI is InChI=1S/C17H19BrN2O5S/c1-26(22,23)25-16-11(9-18)8-14(13-5-2-6-19-15(13)16)17(21)20-10-12-4-3-7-24-12/h2,5-6,8,12H,3-4,7,9-10H2,1H3,(H,20,21). The van der Waals surface area contributed by atoms with Gasteiger partial charge in [-0.05, 0) is 25.0 Å². The van der Waals surface area contributed by atoms with Gasteiger partial charge >= 0.3 is 10.1 Å². The highest BCUT2D eigenvalue weighted by atomic mass is 79.9. The van der Waals surface area contributed by atoms with Crippen molar-refractivity contribution in [1.29, 1.82) is 0 Å². The fourth-order valence-corrected chi connectivity index (χ4v) is 3.82. The summed E-state index contributed by atoms with van der Waals surface area (Å²) >= 11 is 3.32. The predicted octanol–water partition coefficient (Wildman–Crippen LogP) is 2.38. The minimum atomic E-state index is -3.73. The van der Waals surface area contributed by atoms with E-state index in [9.17, 15) is 13.2 Å². The highest BCUT2D eigenvalue weighted by Crippen LogP contribution is 2.33. The molecule has 1 fully saturated rings. The molecule has 1 amide bonds. The van der Waals surface area contributed by atoms with Gasteiger partial charge in [-0.25, -0.2) is 0 Å². The Morgan fingerprint density at radius 2 is 2.31 bits per heavy atom. The molecule has 0 saturated carbocycles. The number of ether oxygens (including phenoxy) is 1. The highest BCUT2D eigenvalue weighted by molar-refractivity contribution is 9.08. The predicted molar refractivity (Wildman–Crippen MR) is 101 cm³/mol. The Hall–Kier alpha value is -1.71. The molecule has 140 valence electrons. The lowest BCUT2D eigenvalue weighted by Crippen LogP contribution is -2.32. The van der Waals surface area contributed by atoms with Gasteiger partial charge in [-0.2, -0.15) is 8.42 Å². The average Bonchev–Trinajstić information content (AvgIpc) is 3.12. The highest BCUT2D eigenvalue weighted by Gasteiger charge is 2.22. The number of nitrogens with zero attached hydrogens (tertiary/aromatic N) is 1. The third-order valence-electron chi connectivity index (χ3n) is 4.06. The average molecular weight is 443 g/mol. The lowest BCUT2D eigenvalue weighted by atomic mass is 10.0. The number of rotatable bonds is 6. The molecule has 1 saturated heterocycles. The van der Waals surface area contributed by atoms with Crippen molar-refractivity contribution < 1.29 is 22.1 Å². The van der Waals surface area contributed by atoms with Crippen LogP contribution in [0.2, 0.25) is 0 Å². The Bertz CT molecular complexity index is 926. The van der Waals surface area contributed by atoms with Crippen LogP contribution >= 0.6 is 15.9 Å². The molecule has 0 aliphatic carbocycles. The largest absolute Gasteiger partial charge is 0.380 e. The zero-order valence-corrected chi connectivity index (χ0v) is 16.6. The van der Waals surface area contributed by atoms with Crippen molar-refractivity contribution >= 4 is 42.9 Å². The number of aromatic nitrogens is 1. The van der Waals surface area contributed by atoms with Gasteiger partial charge in [0.05, 0.1) is 12.4 Å². The normalized spacial score (nSPS) is 17.4. The molecule has 9 heteroatoms. The molecule has 0 radical (unpaired) electrons. The van der Waals surface area contributed by atoms with Gasteiger partial charge in [0.15, 0.2) is 5.75 Å². The van der Waals surface area contributed by atoms with E-state index in [1.807, 2.05) is 0 Å². The Morgan fingerprint density at radius 3 is 2.96 bits per heavy atom. The van der Waals surface area contributed by atoms with Crippen LogP contribution in [0.25, 0.3) is 10.9 Å². The first-order chi connectivity index (χ1) is 12.4. The molecule has 0 spiro atoms. The molecule has 7 nitrogen and oxygen atoms in total. The summed E-state index contributed by atoms with van der Waals surface area (Å²) in [5.41, 5.74) is 1.28. The van der Waals surface area contributed by atoms with Crippen molar-refractivity contribution in [3.8, 4) is 5.75 Å². The van der Waals surface area contributed by atoms with E-state index in [-0.39, 0.29) is 17.8 Å². The van der Waals surface area contributed by atoms with Gasteiger partial charge in [-0.3, -0.25) is 9.78 Å². The summed E-state index contributed by atoms with van der Waals surface area (Å²) in [5, 5.41) is 3.73. The summed E-state index contributed by atoms with van der Waals surface area (Å²) in [6, 6.07) is 5.04. The second-order valence-corrected chi connectivity index (χ2v) is 8.21. The van der Waals surface area contributed by atoms with Crippen LogP contribution in [0.5, 0.6) is 5.75 Å². The smallest absolute Gasteiger partial charge is 0.306 e. The van der Waals surface area contributed by atoms with Crippen LogP contribution in [0.1, 0.15) is 28.8 Å². The minimum absolute atomic E-state index is 0.0341. The van der Waals surface area contributed by atoms with Gasteiger partial charge in [0.25, 0.3) is 5.91 Å². The van der Waals surface area contributed by atoms with E-state index >= 15 is 0 Å². The van der Waals surface area contributed by atoms with Gasteiger partial charge in [0.2, 0.25) is 0 Å². The first-order valence-electron chi connectivity index (χ1n) is 8.15. The number of pyridine rings is 1. The molecule has 26 heavy (non-hydrogen) atoms. The molecule has 2 heterocycles. The number of hydrogen-bond acceptors (Lipinski definition) is 6. The number of fused-ring (bicyclic) bond motifs is 1. The molecule has 1 unspecified atom stereocenters. The van der Waals surface area contributed by atoms with Crippen molar-refractivity contribution in [1.82, 2.24) is 10.3 Å². The van der Waals surface area contributed by atoms with Crippen LogP contribution in [0.3, 0.4) is 0 Å². The fourth-order valence-electron chi connectivity index (χ4n) is 2.91.